The Labute approximate surface area is 147 Å². The number of nitrogens with zero attached hydrogens (tertiary/aromatic N) is 3. The molecule has 1 unspecified atom stereocenters. The van der Waals surface area contributed by atoms with Crippen LogP contribution in [-0.2, 0) is 4.79 Å². The van der Waals surface area contributed by atoms with Gasteiger partial charge in [-0.1, -0.05) is 0 Å². The first kappa shape index (κ1) is 16.9. The van der Waals surface area contributed by atoms with Gasteiger partial charge in [-0.15, -0.1) is 11.3 Å². The van der Waals surface area contributed by atoms with Gasteiger partial charge in [-0.25, -0.2) is 9.97 Å². The van der Waals surface area contributed by atoms with Gasteiger partial charge in [-0.05, 0) is 51.3 Å². The monoisotopic (exact) mass is 344 g/mol. The standard InChI is InChI=1S/C18H24N4OS/c1-12-11-16(14(3)24-12)13(2)21-17(23)15-5-9-22(10-6-15)18-19-7-4-8-20-18/h4,7-8,11,13,15H,5-6,9-10H2,1-3H3,(H,21,23). The summed E-state index contributed by atoms with van der Waals surface area (Å²) in [6, 6.07) is 4.07. The topological polar surface area (TPSA) is 58.1 Å². The summed E-state index contributed by atoms with van der Waals surface area (Å²) < 4.78 is 0. The van der Waals surface area contributed by atoms with Crippen LogP contribution in [0, 0.1) is 19.8 Å². The van der Waals surface area contributed by atoms with Crippen molar-refractivity contribution in [1.29, 1.82) is 0 Å². The van der Waals surface area contributed by atoms with Crippen LogP contribution in [0.3, 0.4) is 0 Å². The molecule has 3 rings (SSSR count). The Bertz CT molecular complexity index is 692. The number of hydrogen-bond donors (Lipinski definition) is 1. The van der Waals surface area contributed by atoms with Gasteiger partial charge in [-0.2, -0.15) is 0 Å². The zero-order chi connectivity index (χ0) is 17.1. The largest absolute Gasteiger partial charge is 0.349 e. The fraction of sp³-hybridized carbons (Fsp3) is 0.500. The van der Waals surface area contributed by atoms with Gasteiger partial charge in [0.1, 0.15) is 0 Å². The summed E-state index contributed by atoms with van der Waals surface area (Å²) in [5, 5.41) is 3.19. The maximum atomic E-state index is 12.6. The number of aryl methyl sites for hydroxylation is 2. The van der Waals surface area contributed by atoms with Crippen LogP contribution in [0.2, 0.25) is 0 Å². The highest BCUT2D eigenvalue weighted by molar-refractivity contribution is 7.12. The van der Waals surface area contributed by atoms with Crippen molar-refractivity contribution in [2.24, 2.45) is 5.92 Å². The number of rotatable bonds is 4. The smallest absolute Gasteiger partial charge is 0.225 e. The molecule has 2 aromatic rings. The summed E-state index contributed by atoms with van der Waals surface area (Å²) in [5.41, 5.74) is 1.24. The molecule has 0 aromatic carbocycles. The third kappa shape index (κ3) is 3.75. The maximum absolute atomic E-state index is 12.6. The van der Waals surface area contributed by atoms with Crippen molar-refractivity contribution in [3.63, 3.8) is 0 Å². The zero-order valence-electron chi connectivity index (χ0n) is 14.5. The second-order valence-electron chi connectivity index (χ2n) is 6.41. The van der Waals surface area contributed by atoms with E-state index in [2.05, 4.69) is 47.0 Å². The Balaban J connectivity index is 1.54. The highest BCUT2D eigenvalue weighted by Crippen LogP contribution is 2.27. The fourth-order valence-electron chi connectivity index (χ4n) is 3.29. The number of aromatic nitrogens is 2. The lowest BCUT2D eigenvalue weighted by Crippen LogP contribution is -2.41. The van der Waals surface area contributed by atoms with Crippen LogP contribution in [0.25, 0.3) is 0 Å². The third-order valence-corrected chi connectivity index (χ3v) is 5.59. The SMILES string of the molecule is Cc1cc(C(C)NC(=O)C2CCN(c3ncccn3)CC2)c(C)s1. The lowest BCUT2D eigenvalue weighted by atomic mass is 9.95. The van der Waals surface area contributed by atoms with Crippen LogP contribution in [0.15, 0.2) is 24.5 Å². The quantitative estimate of drug-likeness (QED) is 0.925. The predicted octanol–water partition coefficient (Wildman–Crippen LogP) is 3.25. The molecule has 1 aliphatic heterocycles. The number of anilines is 1. The van der Waals surface area contributed by atoms with Gasteiger partial charge < -0.3 is 10.2 Å². The Morgan fingerprint density at radius 1 is 1.29 bits per heavy atom. The minimum absolute atomic E-state index is 0.0675. The second-order valence-corrected chi connectivity index (χ2v) is 7.87. The van der Waals surface area contributed by atoms with Crippen LogP contribution in [0.5, 0.6) is 0 Å². The zero-order valence-corrected chi connectivity index (χ0v) is 15.3. The molecule has 0 bridgehead atoms. The summed E-state index contributed by atoms with van der Waals surface area (Å²) in [6.45, 7) is 7.95. The first-order chi connectivity index (χ1) is 11.5. The van der Waals surface area contributed by atoms with E-state index < -0.39 is 0 Å². The number of carbonyl (C=O) groups excluding carboxylic acids is 1. The van der Waals surface area contributed by atoms with Gasteiger partial charge in [0.25, 0.3) is 0 Å². The summed E-state index contributed by atoms with van der Waals surface area (Å²) in [4.78, 5) is 25.9. The molecule has 0 spiro atoms. The van der Waals surface area contributed by atoms with Crippen LogP contribution in [0.1, 0.15) is 41.1 Å². The van der Waals surface area contributed by atoms with Crippen LogP contribution >= 0.6 is 11.3 Å². The molecule has 128 valence electrons. The molecular formula is C18H24N4OS. The van der Waals surface area contributed by atoms with Crippen LogP contribution < -0.4 is 10.2 Å². The van der Waals surface area contributed by atoms with Crippen molar-refractivity contribution in [1.82, 2.24) is 15.3 Å². The van der Waals surface area contributed by atoms with Gasteiger partial charge in [0.2, 0.25) is 11.9 Å². The minimum Gasteiger partial charge on any atom is -0.349 e. The van der Waals surface area contributed by atoms with Gasteiger partial charge in [-0.3, -0.25) is 4.79 Å². The molecule has 1 amide bonds. The molecule has 0 aliphatic carbocycles. The molecule has 0 saturated carbocycles. The number of thiophene rings is 1. The van der Waals surface area contributed by atoms with Gasteiger partial charge in [0.05, 0.1) is 6.04 Å². The predicted molar refractivity (Wildman–Crippen MR) is 97.3 cm³/mol. The Kier molecular flexibility index (Phi) is 5.14. The molecule has 6 heteroatoms. The van der Waals surface area contributed by atoms with E-state index in [1.54, 1.807) is 23.7 Å². The molecular weight excluding hydrogens is 320 g/mol. The van der Waals surface area contributed by atoms with E-state index in [1.165, 1.54) is 15.3 Å². The summed E-state index contributed by atoms with van der Waals surface area (Å²) in [6.07, 6.45) is 5.21. The number of hydrogen-bond acceptors (Lipinski definition) is 5. The van der Waals surface area contributed by atoms with E-state index in [0.717, 1.165) is 31.9 Å². The average Bonchev–Trinajstić information content (AvgIpc) is 2.94. The van der Waals surface area contributed by atoms with E-state index >= 15 is 0 Å². The minimum atomic E-state index is 0.0675. The van der Waals surface area contributed by atoms with Crippen LogP contribution in [-0.4, -0.2) is 29.0 Å². The highest BCUT2D eigenvalue weighted by Gasteiger charge is 2.27. The van der Waals surface area contributed by atoms with Crippen molar-refractivity contribution < 1.29 is 4.79 Å². The normalized spacial score (nSPS) is 16.9. The average molecular weight is 344 g/mol. The van der Waals surface area contributed by atoms with Crippen molar-refractivity contribution in [3.8, 4) is 0 Å². The van der Waals surface area contributed by atoms with E-state index in [4.69, 9.17) is 0 Å². The molecule has 2 aromatic heterocycles. The molecule has 0 radical (unpaired) electrons. The van der Waals surface area contributed by atoms with Gasteiger partial charge in [0.15, 0.2) is 0 Å². The van der Waals surface area contributed by atoms with Crippen molar-refractivity contribution in [3.05, 3.63) is 39.8 Å². The second kappa shape index (κ2) is 7.30. The Morgan fingerprint density at radius 3 is 2.54 bits per heavy atom. The molecule has 1 aliphatic rings. The first-order valence-electron chi connectivity index (χ1n) is 8.44. The molecule has 3 heterocycles. The molecule has 24 heavy (non-hydrogen) atoms. The highest BCUT2D eigenvalue weighted by atomic mass is 32.1. The van der Waals surface area contributed by atoms with Crippen molar-refractivity contribution in [2.75, 3.05) is 18.0 Å². The number of piperidine rings is 1. The molecule has 1 saturated heterocycles. The maximum Gasteiger partial charge on any atom is 0.225 e. The first-order valence-corrected chi connectivity index (χ1v) is 9.25. The third-order valence-electron chi connectivity index (χ3n) is 4.61. The van der Waals surface area contributed by atoms with Crippen molar-refractivity contribution >= 4 is 23.2 Å². The van der Waals surface area contributed by atoms with Crippen LogP contribution in [0.4, 0.5) is 5.95 Å². The summed E-state index contributed by atoms with van der Waals surface area (Å²) in [5.74, 6) is 1.00. The molecule has 1 atom stereocenters. The fourth-order valence-corrected chi connectivity index (χ4v) is 4.31. The summed E-state index contributed by atoms with van der Waals surface area (Å²) in [7, 11) is 0. The lowest BCUT2D eigenvalue weighted by Gasteiger charge is -2.31. The number of amides is 1. The van der Waals surface area contributed by atoms with Gasteiger partial charge >= 0.3 is 0 Å². The van der Waals surface area contributed by atoms with E-state index in [-0.39, 0.29) is 17.9 Å². The molecule has 1 fully saturated rings. The number of carbonyl (C=O) groups is 1. The van der Waals surface area contributed by atoms with E-state index in [0.29, 0.717) is 0 Å². The number of nitrogens with one attached hydrogen (secondary N) is 1. The summed E-state index contributed by atoms with van der Waals surface area (Å²) >= 11 is 1.79. The van der Waals surface area contributed by atoms with E-state index in [9.17, 15) is 4.79 Å². The molecule has 5 nitrogen and oxygen atoms in total. The molecule has 1 N–H and O–H groups in total. The van der Waals surface area contributed by atoms with Crippen molar-refractivity contribution in [2.45, 2.75) is 39.7 Å². The van der Waals surface area contributed by atoms with E-state index in [1.807, 2.05) is 6.07 Å². The lowest BCUT2D eigenvalue weighted by molar-refractivity contribution is -0.126. The Morgan fingerprint density at radius 2 is 1.96 bits per heavy atom. The van der Waals surface area contributed by atoms with Gasteiger partial charge in [0, 0.05) is 41.2 Å². The Hall–Kier alpha value is -1.95.